The molecule has 3 heterocycles. The van der Waals surface area contributed by atoms with Gasteiger partial charge in [-0.2, -0.15) is 10.2 Å². The van der Waals surface area contributed by atoms with E-state index in [0.717, 1.165) is 55.5 Å². The molecule has 1 saturated heterocycles. The molecule has 1 fully saturated rings. The Bertz CT molecular complexity index is 886. The Labute approximate surface area is 165 Å². The zero-order valence-corrected chi connectivity index (χ0v) is 16.5. The van der Waals surface area contributed by atoms with E-state index in [0.29, 0.717) is 6.54 Å². The van der Waals surface area contributed by atoms with Gasteiger partial charge in [-0.15, -0.1) is 5.10 Å². The fourth-order valence-electron chi connectivity index (χ4n) is 3.58. The van der Waals surface area contributed by atoms with Gasteiger partial charge in [-0.25, -0.2) is 0 Å². The van der Waals surface area contributed by atoms with Crippen molar-refractivity contribution in [1.82, 2.24) is 24.9 Å². The van der Waals surface area contributed by atoms with Gasteiger partial charge in [0.2, 0.25) is 0 Å². The molecule has 0 bridgehead atoms. The number of hydrogen-bond acceptors (Lipinski definition) is 6. The number of piperazine rings is 1. The first-order valence-electron chi connectivity index (χ1n) is 9.62. The molecule has 0 radical (unpaired) electrons. The van der Waals surface area contributed by atoms with E-state index in [1.54, 1.807) is 13.3 Å². The molecule has 0 saturated carbocycles. The van der Waals surface area contributed by atoms with E-state index in [4.69, 9.17) is 4.74 Å². The molecule has 2 aromatic heterocycles. The molecule has 7 heteroatoms. The van der Waals surface area contributed by atoms with Gasteiger partial charge in [-0.3, -0.25) is 9.58 Å². The number of rotatable bonds is 6. The lowest BCUT2D eigenvalue weighted by atomic mass is 10.1. The van der Waals surface area contributed by atoms with Crippen molar-refractivity contribution < 1.29 is 4.74 Å². The van der Waals surface area contributed by atoms with E-state index in [9.17, 15) is 0 Å². The molecule has 3 aromatic rings. The fraction of sp³-hybridized carbons (Fsp3) is 0.381. The Kier molecular flexibility index (Phi) is 5.53. The number of anilines is 1. The van der Waals surface area contributed by atoms with Gasteiger partial charge in [0.05, 0.1) is 19.3 Å². The molecule has 1 aliphatic rings. The summed E-state index contributed by atoms with van der Waals surface area (Å²) in [6.45, 7) is 7.56. The Morgan fingerprint density at radius 2 is 1.86 bits per heavy atom. The molecule has 0 amide bonds. The average Bonchev–Trinajstić information content (AvgIpc) is 3.23. The van der Waals surface area contributed by atoms with Crippen LogP contribution in [0.5, 0.6) is 5.75 Å². The van der Waals surface area contributed by atoms with Gasteiger partial charge >= 0.3 is 0 Å². The Morgan fingerprint density at radius 3 is 2.54 bits per heavy atom. The Morgan fingerprint density at radius 1 is 1.00 bits per heavy atom. The zero-order valence-electron chi connectivity index (χ0n) is 16.5. The summed E-state index contributed by atoms with van der Waals surface area (Å²) in [6, 6.07) is 12.5. The predicted molar refractivity (Wildman–Crippen MR) is 109 cm³/mol. The molecule has 7 nitrogen and oxygen atoms in total. The predicted octanol–water partition coefficient (Wildman–Crippen LogP) is 2.36. The lowest BCUT2D eigenvalue weighted by Gasteiger charge is -2.35. The van der Waals surface area contributed by atoms with Crippen LogP contribution in [0.25, 0.3) is 0 Å². The number of benzene rings is 1. The van der Waals surface area contributed by atoms with Crippen LogP contribution < -0.4 is 9.64 Å². The summed E-state index contributed by atoms with van der Waals surface area (Å²) in [6.07, 6.45) is 3.77. The van der Waals surface area contributed by atoms with Crippen LogP contribution in [0.2, 0.25) is 0 Å². The molecular weight excluding hydrogens is 352 g/mol. The first-order chi connectivity index (χ1) is 13.7. The van der Waals surface area contributed by atoms with E-state index in [1.807, 2.05) is 29.9 Å². The number of nitrogens with zero attached hydrogens (tertiary/aromatic N) is 6. The molecule has 146 valence electrons. The number of aryl methyl sites for hydroxylation is 1. The second kappa shape index (κ2) is 8.39. The molecule has 0 spiro atoms. The SMILES string of the molecule is COc1ccc(CN2CCN(c3ccc(C)nn3)CC2)cc1Cn1cccn1. The highest BCUT2D eigenvalue weighted by molar-refractivity contribution is 5.39. The minimum Gasteiger partial charge on any atom is -0.496 e. The van der Waals surface area contributed by atoms with Gasteiger partial charge in [0.1, 0.15) is 5.75 Å². The van der Waals surface area contributed by atoms with E-state index in [1.165, 1.54) is 5.56 Å². The van der Waals surface area contributed by atoms with Crippen molar-refractivity contribution in [2.45, 2.75) is 20.0 Å². The van der Waals surface area contributed by atoms with Crippen LogP contribution in [-0.2, 0) is 13.1 Å². The van der Waals surface area contributed by atoms with E-state index >= 15 is 0 Å². The Hall–Kier alpha value is -2.93. The number of ether oxygens (including phenoxy) is 1. The zero-order chi connectivity index (χ0) is 19.3. The average molecular weight is 378 g/mol. The maximum absolute atomic E-state index is 5.54. The first kappa shape index (κ1) is 18.4. The standard InChI is InChI=1S/C21H26N6O/c1-17-4-7-21(24-23-17)26-12-10-25(11-13-26)15-18-5-6-20(28-2)19(14-18)16-27-9-3-8-22-27/h3-9,14H,10-13,15-16H2,1-2H3. The highest BCUT2D eigenvalue weighted by Crippen LogP contribution is 2.22. The van der Waals surface area contributed by atoms with Crippen molar-refractivity contribution in [3.63, 3.8) is 0 Å². The highest BCUT2D eigenvalue weighted by Gasteiger charge is 2.19. The highest BCUT2D eigenvalue weighted by atomic mass is 16.5. The largest absolute Gasteiger partial charge is 0.496 e. The molecule has 1 aromatic carbocycles. The van der Waals surface area contributed by atoms with Gasteiger partial charge in [-0.1, -0.05) is 6.07 Å². The van der Waals surface area contributed by atoms with E-state index < -0.39 is 0 Å². The Balaban J connectivity index is 1.38. The van der Waals surface area contributed by atoms with Crippen molar-refractivity contribution in [1.29, 1.82) is 0 Å². The lowest BCUT2D eigenvalue weighted by molar-refractivity contribution is 0.249. The van der Waals surface area contributed by atoms with Crippen LogP contribution in [0, 0.1) is 6.92 Å². The minimum absolute atomic E-state index is 0.712. The summed E-state index contributed by atoms with van der Waals surface area (Å²) < 4.78 is 7.46. The molecule has 28 heavy (non-hydrogen) atoms. The van der Waals surface area contributed by atoms with E-state index in [2.05, 4.69) is 49.4 Å². The molecule has 4 rings (SSSR count). The van der Waals surface area contributed by atoms with Gasteiger partial charge < -0.3 is 9.64 Å². The molecular formula is C21H26N6O. The second-order valence-corrected chi connectivity index (χ2v) is 7.15. The van der Waals surface area contributed by atoms with Crippen molar-refractivity contribution in [2.75, 3.05) is 38.2 Å². The summed E-state index contributed by atoms with van der Waals surface area (Å²) in [4.78, 5) is 4.79. The summed E-state index contributed by atoms with van der Waals surface area (Å²) in [5.74, 6) is 1.87. The van der Waals surface area contributed by atoms with Gasteiger partial charge in [-0.05, 0) is 42.8 Å². The molecule has 0 unspecified atom stereocenters. The van der Waals surface area contributed by atoms with Crippen LogP contribution in [-0.4, -0.2) is 58.2 Å². The van der Waals surface area contributed by atoms with Crippen molar-refractivity contribution in [2.24, 2.45) is 0 Å². The van der Waals surface area contributed by atoms with Gasteiger partial charge in [0.15, 0.2) is 5.82 Å². The topological polar surface area (TPSA) is 59.3 Å². The van der Waals surface area contributed by atoms with Crippen LogP contribution in [0.1, 0.15) is 16.8 Å². The van der Waals surface area contributed by atoms with Crippen molar-refractivity contribution in [3.8, 4) is 5.75 Å². The third-order valence-electron chi connectivity index (χ3n) is 5.12. The first-order valence-corrected chi connectivity index (χ1v) is 9.62. The number of aromatic nitrogens is 4. The fourth-order valence-corrected chi connectivity index (χ4v) is 3.58. The third-order valence-corrected chi connectivity index (χ3v) is 5.12. The molecule has 0 atom stereocenters. The van der Waals surface area contributed by atoms with Crippen molar-refractivity contribution >= 4 is 5.82 Å². The maximum Gasteiger partial charge on any atom is 0.151 e. The smallest absolute Gasteiger partial charge is 0.151 e. The second-order valence-electron chi connectivity index (χ2n) is 7.15. The quantitative estimate of drug-likeness (QED) is 0.656. The normalized spacial score (nSPS) is 15.0. The number of methoxy groups -OCH3 is 1. The van der Waals surface area contributed by atoms with Crippen LogP contribution in [0.15, 0.2) is 48.8 Å². The minimum atomic E-state index is 0.712. The van der Waals surface area contributed by atoms with Gasteiger partial charge in [0.25, 0.3) is 0 Å². The van der Waals surface area contributed by atoms with Crippen LogP contribution in [0.3, 0.4) is 0 Å². The summed E-state index contributed by atoms with van der Waals surface area (Å²) in [5.41, 5.74) is 3.40. The third kappa shape index (κ3) is 4.31. The summed E-state index contributed by atoms with van der Waals surface area (Å²) in [7, 11) is 1.72. The number of hydrogen-bond donors (Lipinski definition) is 0. The lowest BCUT2D eigenvalue weighted by Crippen LogP contribution is -2.46. The van der Waals surface area contributed by atoms with Crippen LogP contribution >= 0.6 is 0 Å². The molecule has 0 N–H and O–H groups in total. The summed E-state index contributed by atoms with van der Waals surface area (Å²) >= 11 is 0. The van der Waals surface area contributed by atoms with Gasteiger partial charge in [0, 0.05) is 50.7 Å². The maximum atomic E-state index is 5.54. The summed E-state index contributed by atoms with van der Waals surface area (Å²) in [5, 5.41) is 12.8. The molecule has 0 aliphatic carbocycles. The monoisotopic (exact) mass is 378 g/mol. The van der Waals surface area contributed by atoms with Crippen LogP contribution in [0.4, 0.5) is 5.82 Å². The van der Waals surface area contributed by atoms with E-state index in [-0.39, 0.29) is 0 Å². The molecule has 1 aliphatic heterocycles. The van der Waals surface area contributed by atoms with Crippen molar-refractivity contribution in [3.05, 3.63) is 65.6 Å².